The summed E-state index contributed by atoms with van der Waals surface area (Å²) in [6.45, 7) is 8.90. The van der Waals surface area contributed by atoms with Crippen LogP contribution in [0.25, 0.3) is 176 Å². The van der Waals surface area contributed by atoms with Gasteiger partial charge in [0.25, 0.3) is 0 Å². The van der Waals surface area contributed by atoms with E-state index in [1.807, 2.05) is 187 Å². The Bertz CT molecular complexity index is 7910. The molecule has 0 saturated heterocycles. The van der Waals surface area contributed by atoms with E-state index in [-0.39, 0.29) is 23.0 Å². The monoisotopic (exact) mass is 1520 g/mol. The first-order chi connectivity index (χ1) is 60.9. The Balaban J connectivity index is 0.000000115. The second-order valence-corrected chi connectivity index (χ2v) is 31.8. The molecule has 1 aliphatic rings. The maximum Gasteiger partial charge on any atom is 0.216 e. The summed E-state index contributed by atoms with van der Waals surface area (Å²) in [6.07, 6.45) is 9.04. The minimum Gasteiger partial charge on any atom is -0.454 e. The van der Waals surface area contributed by atoms with Gasteiger partial charge in [0, 0.05) is 130 Å². The van der Waals surface area contributed by atoms with Crippen molar-refractivity contribution in [1.82, 2.24) is 0 Å². The highest BCUT2D eigenvalue weighted by atomic mass is 16.3. The van der Waals surface area contributed by atoms with Gasteiger partial charge in [-0.1, -0.05) is 197 Å². The molecule has 0 unspecified atom stereocenters. The van der Waals surface area contributed by atoms with E-state index in [1.165, 1.54) is 5.39 Å². The van der Waals surface area contributed by atoms with Gasteiger partial charge in [0.1, 0.15) is 72.9 Å². The SMILES string of the molecule is [2H]C([2H])([2H])c1c[n+](C)c(-c2c(C)cc(C([2H])([2H])[2H])c3c2oc2c4ccccc4ccc23)cc1C.[2H]C([2H])([2H])c1cc(C)c(-c2cc(C)cc[n+]2C)c2oc3c4ccccc4ccc3c12.[2H]C([2H])(c1cc[n+](C)c(-c2c(C)ccc3c2oc2c4ccccc4ccc32)c1)C(C)C.[2H]C([2H])(c1cc[n+](C)c(-c2c(C)ccc3c2oc2c4ccccc4ccc32)c1)C1CCCC1. The van der Waals surface area contributed by atoms with Crippen molar-refractivity contribution in [1.29, 1.82) is 0 Å². The van der Waals surface area contributed by atoms with Crippen LogP contribution in [0.3, 0.4) is 0 Å². The molecule has 8 heterocycles. The molecule has 0 radical (unpaired) electrons. The van der Waals surface area contributed by atoms with E-state index in [1.54, 1.807) is 36.9 Å². The maximum absolute atomic E-state index is 8.92. The predicted molar refractivity (Wildman–Crippen MR) is 478 cm³/mol. The molecule has 0 aliphatic heterocycles. The first-order valence-electron chi connectivity index (χ1n) is 46.3. The average Bonchev–Trinajstić information content (AvgIpc) is 1.55. The molecule has 568 valence electrons. The lowest BCUT2D eigenvalue weighted by molar-refractivity contribution is -0.660. The smallest absolute Gasteiger partial charge is 0.216 e. The highest BCUT2D eigenvalue weighted by Crippen LogP contribution is 2.46. The standard InChI is InChI=1S/C29H28NO.C27H26NO.C26H24NO.C25H22NO/c1-19-11-13-25-24-14-12-22-9-5-6-10-23(22)28(24)31-29(25)27(19)26-18-21(15-16-30(26)2)17-20-7-3-4-8-20;1-17(2)15-19-13-14-28(4)24(16-19)25-18(3)9-11-23-22-12-10-20-7-5-6-8-21(20)26(22)29-27(23)25;1-15-13-22(27(5)14-18(15)4)24-17(3)12-16(2)23-21-11-10-19-8-6-7-9-20(19)25(21)28-26(23)24;1-15-11-12-26(4)21(13-15)23-17(3)14-16(2)22-20-10-9-18-7-5-6-8-19(18)24(20)27-25(22)23/h5-6,9-16,18,20H,3-4,7-8,17H2,1-2H3;5-14,16-17H,15H2,1-4H3;6-14H,1-5H3;5-14H,1-4H3/q4*+1/i17D2;15D2;2D3,4D3;2D3. The zero-order valence-electron chi connectivity index (χ0n) is 80.1. The molecule has 0 amide bonds. The molecular formula is C107H100N4O4+4. The van der Waals surface area contributed by atoms with Crippen LogP contribution in [0.1, 0.15) is 119 Å². The number of hydrogen-bond acceptors (Lipinski definition) is 4. The summed E-state index contributed by atoms with van der Waals surface area (Å²) in [7, 11) is 7.82. The minimum absolute atomic E-state index is 0.0903. The van der Waals surface area contributed by atoms with E-state index in [2.05, 4.69) is 127 Å². The molecule has 0 spiro atoms. The second kappa shape index (κ2) is 29.8. The van der Waals surface area contributed by atoms with Crippen LogP contribution in [0.15, 0.2) is 267 Å². The van der Waals surface area contributed by atoms with Crippen LogP contribution in [-0.2, 0) is 40.9 Å². The van der Waals surface area contributed by atoms with Crippen molar-refractivity contribution in [3.63, 3.8) is 0 Å². The second-order valence-electron chi connectivity index (χ2n) is 31.8. The predicted octanol–water partition coefficient (Wildman–Crippen LogP) is 26.6. The van der Waals surface area contributed by atoms with Crippen LogP contribution in [-0.4, -0.2) is 0 Å². The van der Waals surface area contributed by atoms with E-state index in [0.29, 0.717) is 44.2 Å². The quantitative estimate of drug-likeness (QED) is 0.142. The summed E-state index contributed by atoms with van der Waals surface area (Å²) in [5, 5.41) is 15.8. The van der Waals surface area contributed by atoms with Crippen molar-refractivity contribution in [3.8, 4) is 45.0 Å². The summed E-state index contributed by atoms with van der Waals surface area (Å²) in [4.78, 5) is 0. The number of pyridine rings is 4. The molecule has 1 fully saturated rings. The van der Waals surface area contributed by atoms with Gasteiger partial charge in [-0.3, -0.25) is 0 Å². The Morgan fingerprint density at radius 1 is 0.330 bits per heavy atom. The number of rotatable bonds is 8. The van der Waals surface area contributed by atoms with Gasteiger partial charge in [0.15, 0.2) is 24.8 Å². The van der Waals surface area contributed by atoms with E-state index >= 15 is 0 Å². The van der Waals surface area contributed by atoms with E-state index in [0.717, 1.165) is 202 Å². The normalized spacial score (nSPS) is 14.9. The summed E-state index contributed by atoms with van der Waals surface area (Å²) in [6, 6.07) is 74.9. The summed E-state index contributed by atoms with van der Waals surface area (Å²) in [5.41, 5.74) is 21.4. The molecule has 20 aromatic rings. The molecule has 12 aromatic carbocycles. The van der Waals surface area contributed by atoms with E-state index < -0.39 is 33.3 Å². The van der Waals surface area contributed by atoms with Crippen LogP contribution >= 0.6 is 0 Å². The number of aromatic nitrogens is 4. The molecule has 1 aliphatic carbocycles. The van der Waals surface area contributed by atoms with Crippen molar-refractivity contribution in [2.45, 2.75) is 114 Å². The van der Waals surface area contributed by atoms with Gasteiger partial charge in [0.2, 0.25) is 22.8 Å². The maximum atomic E-state index is 8.92. The topological polar surface area (TPSA) is 68.1 Å². The van der Waals surface area contributed by atoms with E-state index in [4.69, 9.17) is 35.5 Å². The zero-order chi connectivity index (χ0) is 90.4. The van der Waals surface area contributed by atoms with Gasteiger partial charge in [0.05, 0.1) is 22.3 Å². The van der Waals surface area contributed by atoms with Crippen molar-refractivity contribution < 1.29 is 53.8 Å². The fourth-order valence-electron chi connectivity index (χ4n) is 17.6. The van der Waals surface area contributed by atoms with Crippen LogP contribution in [0.2, 0.25) is 0 Å². The summed E-state index contributed by atoms with van der Waals surface area (Å²) in [5.74, 6) is -0.0324. The van der Waals surface area contributed by atoms with Crippen LogP contribution < -0.4 is 18.3 Å². The molecule has 8 aromatic heterocycles. The Kier molecular flexibility index (Phi) is 15.6. The van der Waals surface area contributed by atoms with Crippen LogP contribution in [0.5, 0.6) is 0 Å². The fourth-order valence-corrected chi connectivity index (χ4v) is 17.6. The first-order valence-corrected chi connectivity index (χ1v) is 39.8. The molecule has 21 rings (SSSR count). The van der Waals surface area contributed by atoms with Crippen molar-refractivity contribution >= 4 is 131 Å². The summed E-state index contributed by atoms with van der Waals surface area (Å²) < 4.78 is 142. The van der Waals surface area contributed by atoms with Crippen molar-refractivity contribution in [2.75, 3.05) is 0 Å². The lowest BCUT2D eigenvalue weighted by atomic mass is 9.95. The number of benzene rings is 12. The van der Waals surface area contributed by atoms with Crippen LogP contribution in [0.4, 0.5) is 0 Å². The Morgan fingerprint density at radius 2 is 0.696 bits per heavy atom. The number of nitrogens with zero attached hydrogens (tertiary/aromatic N) is 4. The van der Waals surface area contributed by atoms with Gasteiger partial charge >= 0.3 is 0 Å². The van der Waals surface area contributed by atoms with Gasteiger partial charge < -0.3 is 17.7 Å². The number of hydrogen-bond donors (Lipinski definition) is 0. The molecule has 8 heteroatoms. The minimum atomic E-state index is -2.33. The number of aryl methyl sites for hydroxylation is 13. The van der Waals surface area contributed by atoms with Gasteiger partial charge in [-0.25, -0.2) is 18.3 Å². The lowest BCUT2D eigenvalue weighted by Crippen LogP contribution is -2.31. The highest BCUT2D eigenvalue weighted by Gasteiger charge is 2.29. The van der Waals surface area contributed by atoms with Gasteiger partial charge in [-0.15, -0.1) is 0 Å². The van der Waals surface area contributed by atoms with Crippen molar-refractivity contribution in [2.24, 2.45) is 40.0 Å². The fraction of sp³-hybridized carbons (Fsp3) is 0.215. The van der Waals surface area contributed by atoms with Crippen molar-refractivity contribution in [3.05, 3.63) is 310 Å². The summed E-state index contributed by atoms with van der Waals surface area (Å²) >= 11 is 0. The zero-order valence-corrected chi connectivity index (χ0v) is 67.1. The number of furan rings is 4. The molecule has 0 bridgehead atoms. The van der Waals surface area contributed by atoms with Crippen LogP contribution in [0, 0.1) is 73.9 Å². The highest BCUT2D eigenvalue weighted by molar-refractivity contribution is 6.22. The molecule has 1 saturated carbocycles. The molecule has 0 N–H and O–H groups in total. The Hall–Kier alpha value is -12.5. The van der Waals surface area contributed by atoms with Gasteiger partial charge in [-0.2, -0.15) is 0 Å². The van der Waals surface area contributed by atoms with Gasteiger partial charge in [-0.05, 0) is 188 Å². The third-order valence-electron chi connectivity index (χ3n) is 23.4. The number of fused-ring (bicyclic) bond motifs is 20. The third kappa shape index (κ3) is 13.2. The average molecular weight is 1520 g/mol. The first kappa shape index (κ1) is 60.1. The molecular weight excluding hydrogens is 1410 g/mol. The third-order valence-corrected chi connectivity index (χ3v) is 23.4. The lowest BCUT2D eigenvalue weighted by Gasteiger charge is -2.10. The molecule has 115 heavy (non-hydrogen) atoms. The van der Waals surface area contributed by atoms with E-state index in [9.17, 15) is 0 Å². The largest absolute Gasteiger partial charge is 0.454 e. The molecule has 8 nitrogen and oxygen atoms in total. The Morgan fingerprint density at radius 3 is 1.15 bits per heavy atom. The molecule has 0 atom stereocenters. The Labute approximate surface area is 691 Å².